The zero-order valence-corrected chi connectivity index (χ0v) is 16.4. The van der Waals surface area contributed by atoms with Gasteiger partial charge in [0.25, 0.3) is 0 Å². The maximum atomic E-state index is 12.7. The van der Waals surface area contributed by atoms with Crippen LogP contribution in [-0.2, 0) is 17.9 Å². The third-order valence-corrected chi connectivity index (χ3v) is 5.55. The first-order valence-electron chi connectivity index (χ1n) is 9.15. The summed E-state index contributed by atoms with van der Waals surface area (Å²) in [4.78, 5) is 18.5. The van der Waals surface area contributed by atoms with Crippen LogP contribution in [0.15, 0.2) is 72.1 Å². The smallest absolute Gasteiger partial charge is 0.240 e. The van der Waals surface area contributed by atoms with Gasteiger partial charge in [0, 0.05) is 4.88 Å². The van der Waals surface area contributed by atoms with Gasteiger partial charge < -0.3 is 14.6 Å². The van der Waals surface area contributed by atoms with Crippen LogP contribution in [0.3, 0.4) is 0 Å². The molecule has 0 bridgehead atoms. The monoisotopic (exact) mass is 391 g/mol. The number of para-hydroxylation sites is 3. The van der Waals surface area contributed by atoms with Crippen molar-refractivity contribution in [2.75, 3.05) is 0 Å². The van der Waals surface area contributed by atoms with Gasteiger partial charge >= 0.3 is 0 Å². The predicted octanol–water partition coefficient (Wildman–Crippen LogP) is 4.55. The molecule has 6 heteroatoms. The van der Waals surface area contributed by atoms with E-state index in [1.807, 2.05) is 83.6 Å². The van der Waals surface area contributed by atoms with Crippen molar-refractivity contribution in [3.8, 4) is 5.75 Å². The van der Waals surface area contributed by atoms with Crippen LogP contribution < -0.4 is 10.1 Å². The van der Waals surface area contributed by atoms with Crippen molar-refractivity contribution in [1.29, 1.82) is 0 Å². The molecule has 28 heavy (non-hydrogen) atoms. The Bertz CT molecular complexity index is 1060. The maximum Gasteiger partial charge on any atom is 0.240 e. The number of carbonyl (C=O) groups excluding carboxylic acids is 1. The first-order valence-corrected chi connectivity index (χ1v) is 10.0. The number of aromatic nitrogens is 2. The SMILES string of the molecule is CC(NC(=O)Cn1c(COc2ccccc2)nc2ccccc21)c1cccs1. The van der Waals surface area contributed by atoms with Crippen LogP contribution in [0.25, 0.3) is 11.0 Å². The van der Waals surface area contributed by atoms with Crippen LogP contribution in [-0.4, -0.2) is 15.5 Å². The van der Waals surface area contributed by atoms with Crippen molar-refractivity contribution in [3.05, 3.63) is 82.8 Å². The number of ether oxygens (including phenoxy) is 1. The average Bonchev–Trinajstić information content (AvgIpc) is 3.36. The third-order valence-electron chi connectivity index (χ3n) is 4.49. The Morgan fingerprint density at radius 1 is 1.11 bits per heavy atom. The van der Waals surface area contributed by atoms with Crippen molar-refractivity contribution < 1.29 is 9.53 Å². The number of nitrogens with one attached hydrogen (secondary N) is 1. The van der Waals surface area contributed by atoms with Crippen molar-refractivity contribution in [3.63, 3.8) is 0 Å². The predicted molar refractivity (Wildman–Crippen MR) is 111 cm³/mol. The minimum absolute atomic E-state index is 0.0219. The van der Waals surface area contributed by atoms with Gasteiger partial charge in [0.2, 0.25) is 5.91 Å². The number of carbonyl (C=O) groups is 1. The molecule has 1 unspecified atom stereocenters. The molecule has 2 aromatic carbocycles. The molecule has 0 saturated heterocycles. The fourth-order valence-corrected chi connectivity index (χ4v) is 3.85. The molecule has 0 aliphatic carbocycles. The summed E-state index contributed by atoms with van der Waals surface area (Å²) in [5.74, 6) is 1.45. The Kier molecular flexibility index (Phi) is 5.39. The molecule has 0 radical (unpaired) electrons. The van der Waals surface area contributed by atoms with Crippen LogP contribution in [0, 0.1) is 0 Å². The number of nitrogens with zero attached hydrogens (tertiary/aromatic N) is 2. The molecule has 1 amide bonds. The molecule has 2 heterocycles. The number of imidazole rings is 1. The number of benzene rings is 2. The van der Waals surface area contributed by atoms with Gasteiger partial charge in [-0.2, -0.15) is 0 Å². The second-order valence-corrected chi connectivity index (χ2v) is 7.49. The van der Waals surface area contributed by atoms with Gasteiger partial charge in [0.15, 0.2) is 0 Å². The molecule has 2 aromatic heterocycles. The molecule has 0 saturated carbocycles. The highest BCUT2D eigenvalue weighted by molar-refractivity contribution is 7.10. The Labute approximate surface area is 167 Å². The van der Waals surface area contributed by atoms with Crippen molar-refractivity contribution in [2.24, 2.45) is 0 Å². The lowest BCUT2D eigenvalue weighted by molar-refractivity contribution is -0.122. The molecule has 5 nitrogen and oxygen atoms in total. The lowest BCUT2D eigenvalue weighted by atomic mass is 10.2. The quantitative estimate of drug-likeness (QED) is 0.503. The maximum absolute atomic E-state index is 12.7. The Morgan fingerprint density at radius 3 is 2.68 bits per heavy atom. The van der Waals surface area contributed by atoms with Gasteiger partial charge in [0.05, 0.1) is 17.1 Å². The summed E-state index contributed by atoms with van der Waals surface area (Å²) in [7, 11) is 0. The number of hydrogen-bond acceptors (Lipinski definition) is 4. The number of hydrogen-bond donors (Lipinski definition) is 1. The molecule has 1 atom stereocenters. The molecule has 0 aliphatic heterocycles. The van der Waals surface area contributed by atoms with Gasteiger partial charge in [-0.3, -0.25) is 4.79 Å². The van der Waals surface area contributed by atoms with E-state index in [4.69, 9.17) is 4.74 Å². The molecule has 0 spiro atoms. The fourth-order valence-electron chi connectivity index (χ4n) is 3.12. The van der Waals surface area contributed by atoms with Gasteiger partial charge in [-0.1, -0.05) is 36.4 Å². The standard InChI is InChI=1S/C22H21N3O2S/c1-16(20-12-7-13-28-20)23-22(26)14-25-19-11-6-5-10-18(19)24-21(25)15-27-17-8-3-2-4-9-17/h2-13,16H,14-15H2,1H3,(H,23,26). The molecular weight excluding hydrogens is 370 g/mol. The fraction of sp³-hybridized carbons (Fsp3) is 0.182. The van der Waals surface area contributed by atoms with E-state index in [-0.39, 0.29) is 18.5 Å². The summed E-state index contributed by atoms with van der Waals surface area (Å²) >= 11 is 1.64. The molecule has 0 fully saturated rings. The first kappa shape index (κ1) is 18.3. The Morgan fingerprint density at radius 2 is 1.89 bits per heavy atom. The van der Waals surface area contributed by atoms with Gasteiger partial charge in [0.1, 0.15) is 24.7 Å². The minimum Gasteiger partial charge on any atom is -0.486 e. The topological polar surface area (TPSA) is 56.2 Å². The number of thiophene rings is 1. The molecule has 4 aromatic rings. The lowest BCUT2D eigenvalue weighted by Gasteiger charge is -2.14. The summed E-state index contributed by atoms with van der Waals surface area (Å²) in [6, 6.07) is 21.4. The highest BCUT2D eigenvalue weighted by Crippen LogP contribution is 2.20. The summed E-state index contributed by atoms with van der Waals surface area (Å²) in [5.41, 5.74) is 1.78. The summed E-state index contributed by atoms with van der Waals surface area (Å²) in [6.07, 6.45) is 0. The zero-order valence-electron chi connectivity index (χ0n) is 15.5. The highest BCUT2D eigenvalue weighted by atomic mass is 32.1. The molecule has 142 valence electrons. The Balaban J connectivity index is 1.53. The second-order valence-electron chi connectivity index (χ2n) is 6.51. The third kappa shape index (κ3) is 4.07. The summed E-state index contributed by atoms with van der Waals surface area (Å²) in [5, 5.41) is 5.08. The zero-order chi connectivity index (χ0) is 19.3. The van der Waals surface area contributed by atoms with E-state index in [2.05, 4.69) is 10.3 Å². The largest absolute Gasteiger partial charge is 0.486 e. The van der Waals surface area contributed by atoms with Crippen LogP contribution in [0.5, 0.6) is 5.75 Å². The summed E-state index contributed by atoms with van der Waals surface area (Å²) in [6.45, 7) is 2.49. The van der Waals surface area contributed by atoms with E-state index in [0.29, 0.717) is 6.61 Å². The minimum atomic E-state index is -0.0509. The highest BCUT2D eigenvalue weighted by Gasteiger charge is 2.16. The van der Waals surface area contributed by atoms with Crippen molar-refractivity contribution in [1.82, 2.24) is 14.9 Å². The van der Waals surface area contributed by atoms with Crippen LogP contribution in [0.2, 0.25) is 0 Å². The number of fused-ring (bicyclic) bond motifs is 1. The van der Waals surface area contributed by atoms with Gasteiger partial charge in [-0.15, -0.1) is 11.3 Å². The first-order chi connectivity index (χ1) is 13.7. The van der Waals surface area contributed by atoms with E-state index in [1.54, 1.807) is 11.3 Å². The molecule has 4 rings (SSSR count). The van der Waals surface area contributed by atoms with E-state index in [9.17, 15) is 4.79 Å². The van der Waals surface area contributed by atoms with Crippen LogP contribution in [0.1, 0.15) is 23.7 Å². The number of rotatable bonds is 7. The lowest BCUT2D eigenvalue weighted by Crippen LogP contribution is -2.30. The Hall–Kier alpha value is -3.12. The van der Waals surface area contributed by atoms with Crippen molar-refractivity contribution in [2.45, 2.75) is 26.1 Å². The van der Waals surface area contributed by atoms with Gasteiger partial charge in [-0.25, -0.2) is 4.98 Å². The van der Waals surface area contributed by atoms with Gasteiger partial charge in [-0.05, 0) is 42.6 Å². The van der Waals surface area contributed by atoms with E-state index < -0.39 is 0 Å². The van der Waals surface area contributed by atoms with E-state index >= 15 is 0 Å². The second kappa shape index (κ2) is 8.27. The van der Waals surface area contributed by atoms with E-state index in [1.165, 1.54) is 0 Å². The summed E-state index contributed by atoms with van der Waals surface area (Å²) < 4.78 is 7.80. The van der Waals surface area contributed by atoms with Crippen LogP contribution in [0.4, 0.5) is 0 Å². The molecule has 1 N–H and O–H groups in total. The number of amides is 1. The molecule has 0 aliphatic rings. The van der Waals surface area contributed by atoms with Crippen LogP contribution >= 0.6 is 11.3 Å². The normalized spacial score (nSPS) is 12.0. The van der Waals surface area contributed by atoms with E-state index in [0.717, 1.165) is 27.5 Å². The van der Waals surface area contributed by atoms with Crippen molar-refractivity contribution >= 4 is 28.3 Å². The average molecular weight is 391 g/mol. The molecular formula is C22H21N3O2S.